The summed E-state index contributed by atoms with van der Waals surface area (Å²) in [6.07, 6.45) is 1.93. The molecule has 1 fully saturated rings. The zero-order valence-electron chi connectivity index (χ0n) is 6.42. The van der Waals surface area contributed by atoms with Crippen molar-refractivity contribution in [2.45, 2.75) is 16.8 Å². The molecule has 1 atom stereocenters. The summed E-state index contributed by atoms with van der Waals surface area (Å²) in [4.78, 5) is 13.2. The van der Waals surface area contributed by atoms with Crippen molar-refractivity contribution in [1.82, 2.24) is 4.90 Å². The molecule has 1 aliphatic rings. The van der Waals surface area contributed by atoms with E-state index in [9.17, 15) is 4.79 Å². The van der Waals surface area contributed by atoms with Crippen molar-refractivity contribution in [2.24, 2.45) is 5.73 Å². The third-order valence-electron chi connectivity index (χ3n) is 1.86. The normalized spacial score (nSPS) is 24.7. The van der Waals surface area contributed by atoms with E-state index in [1.807, 2.05) is 4.90 Å². The summed E-state index contributed by atoms with van der Waals surface area (Å²) < 4.78 is 0.213. The Morgan fingerprint density at radius 1 is 1.73 bits per heavy atom. The fourth-order valence-corrected chi connectivity index (χ4v) is 1.88. The van der Waals surface area contributed by atoms with Gasteiger partial charge in [0, 0.05) is 13.1 Å². The lowest BCUT2D eigenvalue weighted by atomic mass is 10.4. The average Bonchev–Trinajstić information content (AvgIpc) is 2.31. The Balaban J connectivity index is 2.30. The van der Waals surface area contributed by atoms with Gasteiger partial charge in [-0.3, -0.25) is 4.79 Å². The quantitative estimate of drug-likeness (QED) is 0.594. The van der Waals surface area contributed by atoms with Crippen LogP contribution in [0.25, 0.3) is 0 Å². The molecule has 0 aromatic heterocycles. The highest BCUT2D eigenvalue weighted by molar-refractivity contribution is 14.1. The fraction of sp³-hybridized carbons (Fsp3) is 0.857. The molecule has 1 rings (SSSR count). The molecular weight excluding hydrogens is 255 g/mol. The summed E-state index contributed by atoms with van der Waals surface area (Å²) in [5.41, 5.74) is 5.35. The number of likely N-dealkylation sites (tertiary alicyclic amines) is 1. The van der Waals surface area contributed by atoms with Crippen LogP contribution < -0.4 is 5.73 Å². The van der Waals surface area contributed by atoms with E-state index < -0.39 is 0 Å². The predicted octanol–water partition coefficient (Wildman–Crippen LogP) is 0.371. The third-order valence-corrected chi connectivity index (χ3v) is 3.02. The number of hydrogen-bond acceptors (Lipinski definition) is 2. The Labute approximate surface area is 80.4 Å². The Morgan fingerprint density at radius 2 is 2.45 bits per heavy atom. The number of rotatable bonds is 3. The van der Waals surface area contributed by atoms with E-state index in [-0.39, 0.29) is 3.92 Å². The maximum atomic E-state index is 11.3. The fourth-order valence-electron chi connectivity index (χ4n) is 1.21. The molecule has 2 N–H and O–H groups in total. The standard InChI is InChI=1S/C7H13IN2O/c8-6-2-5-10(7(6)11)4-1-3-9/h6H,1-5,9H2. The van der Waals surface area contributed by atoms with Crippen LogP contribution in [0.15, 0.2) is 0 Å². The van der Waals surface area contributed by atoms with Crippen molar-refractivity contribution in [2.75, 3.05) is 19.6 Å². The molecular formula is C7H13IN2O. The van der Waals surface area contributed by atoms with Gasteiger partial charge in [-0.15, -0.1) is 0 Å². The van der Waals surface area contributed by atoms with Crippen molar-refractivity contribution in [3.8, 4) is 0 Å². The van der Waals surface area contributed by atoms with Crippen molar-refractivity contribution in [3.05, 3.63) is 0 Å². The molecule has 0 bridgehead atoms. The smallest absolute Gasteiger partial charge is 0.235 e. The molecule has 0 aromatic carbocycles. The molecule has 0 aliphatic carbocycles. The van der Waals surface area contributed by atoms with Gasteiger partial charge in [0.1, 0.15) is 0 Å². The van der Waals surface area contributed by atoms with E-state index in [2.05, 4.69) is 22.6 Å². The molecule has 1 saturated heterocycles. The van der Waals surface area contributed by atoms with Crippen molar-refractivity contribution < 1.29 is 4.79 Å². The predicted molar refractivity (Wildman–Crippen MR) is 52.7 cm³/mol. The zero-order chi connectivity index (χ0) is 8.27. The summed E-state index contributed by atoms with van der Waals surface area (Å²) in [5, 5.41) is 0. The Hall–Kier alpha value is 0.160. The SMILES string of the molecule is NCCCN1CCC(I)C1=O. The highest BCUT2D eigenvalue weighted by Crippen LogP contribution is 2.18. The first-order valence-electron chi connectivity index (χ1n) is 3.88. The van der Waals surface area contributed by atoms with Gasteiger partial charge < -0.3 is 10.6 Å². The lowest BCUT2D eigenvalue weighted by Crippen LogP contribution is -2.29. The van der Waals surface area contributed by atoms with Gasteiger partial charge in [0.15, 0.2) is 0 Å². The molecule has 0 spiro atoms. The molecule has 1 heterocycles. The van der Waals surface area contributed by atoms with Crippen LogP contribution in [0.4, 0.5) is 0 Å². The number of nitrogens with two attached hydrogens (primary N) is 1. The second-order valence-corrected chi connectivity index (χ2v) is 4.23. The topological polar surface area (TPSA) is 46.3 Å². The van der Waals surface area contributed by atoms with Gasteiger partial charge in [-0.05, 0) is 19.4 Å². The van der Waals surface area contributed by atoms with E-state index >= 15 is 0 Å². The van der Waals surface area contributed by atoms with Gasteiger partial charge in [-0.25, -0.2) is 0 Å². The molecule has 1 amide bonds. The zero-order valence-corrected chi connectivity index (χ0v) is 8.58. The summed E-state index contributed by atoms with van der Waals surface area (Å²) in [5.74, 6) is 0.291. The molecule has 1 unspecified atom stereocenters. The Morgan fingerprint density at radius 3 is 2.91 bits per heavy atom. The number of hydrogen-bond donors (Lipinski definition) is 1. The number of carbonyl (C=O) groups excluding carboxylic acids is 1. The maximum Gasteiger partial charge on any atom is 0.235 e. The first-order chi connectivity index (χ1) is 5.25. The molecule has 3 nitrogen and oxygen atoms in total. The van der Waals surface area contributed by atoms with Crippen molar-refractivity contribution in [3.63, 3.8) is 0 Å². The first-order valence-corrected chi connectivity index (χ1v) is 5.13. The molecule has 0 saturated carbocycles. The first kappa shape index (κ1) is 9.25. The molecule has 11 heavy (non-hydrogen) atoms. The van der Waals surface area contributed by atoms with E-state index in [0.717, 1.165) is 25.9 Å². The van der Waals surface area contributed by atoms with E-state index in [0.29, 0.717) is 12.5 Å². The van der Waals surface area contributed by atoms with Gasteiger partial charge in [0.2, 0.25) is 5.91 Å². The third kappa shape index (κ3) is 2.30. The van der Waals surface area contributed by atoms with Crippen molar-refractivity contribution >= 4 is 28.5 Å². The minimum absolute atomic E-state index is 0.213. The highest BCUT2D eigenvalue weighted by atomic mass is 127. The minimum Gasteiger partial charge on any atom is -0.342 e. The number of nitrogens with zero attached hydrogens (tertiary/aromatic N) is 1. The van der Waals surface area contributed by atoms with Crippen LogP contribution in [-0.2, 0) is 4.79 Å². The summed E-state index contributed by atoms with van der Waals surface area (Å²) in [6, 6.07) is 0. The van der Waals surface area contributed by atoms with Crippen LogP contribution in [-0.4, -0.2) is 34.4 Å². The summed E-state index contributed by atoms with van der Waals surface area (Å²) >= 11 is 2.20. The molecule has 0 aromatic rings. The van der Waals surface area contributed by atoms with E-state index in [1.165, 1.54) is 0 Å². The summed E-state index contributed by atoms with van der Waals surface area (Å²) in [7, 11) is 0. The average molecular weight is 268 g/mol. The van der Waals surface area contributed by atoms with Crippen LogP contribution >= 0.6 is 22.6 Å². The maximum absolute atomic E-state index is 11.3. The van der Waals surface area contributed by atoms with E-state index in [4.69, 9.17) is 5.73 Å². The molecule has 4 heteroatoms. The highest BCUT2D eigenvalue weighted by Gasteiger charge is 2.28. The van der Waals surface area contributed by atoms with Gasteiger partial charge in [0.25, 0.3) is 0 Å². The number of alkyl halides is 1. The summed E-state index contributed by atoms with van der Waals surface area (Å²) in [6.45, 7) is 2.44. The molecule has 1 aliphatic heterocycles. The van der Waals surface area contributed by atoms with Crippen molar-refractivity contribution in [1.29, 1.82) is 0 Å². The largest absolute Gasteiger partial charge is 0.342 e. The molecule has 64 valence electrons. The van der Waals surface area contributed by atoms with Gasteiger partial charge >= 0.3 is 0 Å². The lowest BCUT2D eigenvalue weighted by Gasteiger charge is -2.14. The van der Waals surface area contributed by atoms with E-state index in [1.54, 1.807) is 0 Å². The molecule has 0 radical (unpaired) electrons. The monoisotopic (exact) mass is 268 g/mol. The van der Waals surface area contributed by atoms with Crippen LogP contribution in [0.3, 0.4) is 0 Å². The van der Waals surface area contributed by atoms with Gasteiger partial charge in [0.05, 0.1) is 3.92 Å². The second-order valence-electron chi connectivity index (χ2n) is 2.72. The minimum atomic E-state index is 0.213. The number of amides is 1. The van der Waals surface area contributed by atoms with Crippen LogP contribution in [0, 0.1) is 0 Å². The number of carbonyl (C=O) groups is 1. The van der Waals surface area contributed by atoms with Crippen LogP contribution in [0.1, 0.15) is 12.8 Å². The van der Waals surface area contributed by atoms with Gasteiger partial charge in [-0.1, -0.05) is 22.6 Å². The second kappa shape index (κ2) is 4.25. The Kier molecular flexibility index (Phi) is 3.58. The lowest BCUT2D eigenvalue weighted by molar-refractivity contribution is -0.127. The number of halogens is 1. The Bertz CT molecular complexity index is 151. The van der Waals surface area contributed by atoms with Gasteiger partial charge in [-0.2, -0.15) is 0 Å². The van der Waals surface area contributed by atoms with Crippen LogP contribution in [0.5, 0.6) is 0 Å². The van der Waals surface area contributed by atoms with Crippen LogP contribution in [0.2, 0.25) is 0 Å².